The van der Waals surface area contributed by atoms with Crippen molar-refractivity contribution in [3.63, 3.8) is 0 Å². The first kappa shape index (κ1) is 52.4. The van der Waals surface area contributed by atoms with Gasteiger partial charge in [0.15, 0.2) is 43.7 Å². The Labute approximate surface area is 385 Å². The van der Waals surface area contributed by atoms with Gasteiger partial charge in [-0.25, -0.2) is 29.9 Å². The van der Waals surface area contributed by atoms with Crippen molar-refractivity contribution in [1.29, 1.82) is 0 Å². The van der Waals surface area contributed by atoms with Crippen molar-refractivity contribution in [2.24, 2.45) is 10.2 Å². The average molecular weight is 925 g/mol. The Morgan fingerprint density at radius 1 is 0.712 bits per heavy atom. The number of imidazole rings is 2. The Morgan fingerprint density at radius 2 is 1.15 bits per heavy atom. The van der Waals surface area contributed by atoms with Crippen LogP contribution in [0.1, 0.15) is 66.6 Å². The number of nitrogens with one attached hydrogen (secondary N) is 2. The number of nitrogens with zero attached hydrogens (tertiary/aromatic N) is 14. The molecule has 8 atom stereocenters. The lowest BCUT2D eigenvalue weighted by Gasteiger charge is -2.41. The minimum Gasteiger partial charge on any atom is -0.408 e. The van der Waals surface area contributed by atoms with E-state index in [1.807, 2.05) is 53.1 Å². The number of benzene rings is 2. The second-order valence-electron chi connectivity index (χ2n) is 16.7. The van der Waals surface area contributed by atoms with Gasteiger partial charge in [0, 0.05) is 22.9 Å². The maximum Gasteiger partial charge on any atom is 0.192 e. The van der Waals surface area contributed by atoms with Crippen LogP contribution in [0.5, 0.6) is 0 Å². The lowest BCUT2D eigenvalue weighted by Crippen LogP contribution is -2.52. The van der Waals surface area contributed by atoms with Gasteiger partial charge in [0.05, 0.1) is 50.0 Å². The molecule has 0 bridgehead atoms. The molecule has 2 saturated heterocycles. The highest BCUT2D eigenvalue weighted by Crippen LogP contribution is 2.43. The minimum atomic E-state index is -2.23. The monoisotopic (exact) mass is 925 g/mol. The number of nitrogen functional groups attached to an aromatic ring is 2. The molecule has 23 heteroatoms. The van der Waals surface area contributed by atoms with Crippen molar-refractivity contribution in [3.8, 4) is 0 Å². The van der Waals surface area contributed by atoms with Crippen LogP contribution in [0, 0.1) is 0 Å². The summed E-state index contributed by atoms with van der Waals surface area (Å²) in [5.74, 6) is 0.554. The highest BCUT2D eigenvalue weighted by molar-refractivity contribution is 6.74. The topological polar surface area (TPSA) is 309 Å². The van der Waals surface area contributed by atoms with Crippen LogP contribution in [-0.2, 0) is 27.0 Å². The molecule has 0 amide bonds. The van der Waals surface area contributed by atoms with Crippen LogP contribution in [0.25, 0.3) is 43.2 Å². The number of fused-ring (bicyclic) bond motifs is 2. The summed E-state index contributed by atoms with van der Waals surface area (Å²) in [5, 5.41) is 25.3. The number of hydrogen-bond acceptors (Lipinski definition) is 16. The van der Waals surface area contributed by atoms with Gasteiger partial charge >= 0.3 is 0 Å². The Bertz CT molecular complexity index is 2560. The fourth-order valence-corrected chi connectivity index (χ4v) is 8.69. The molecule has 1 unspecified atom stereocenters. The predicted octanol–water partition coefficient (Wildman–Crippen LogP) is 7.21. The number of ether oxygens (including phenoxy) is 2. The standard InChI is InChI=1S/C23H33N9O2Si.C17H19N9O2.3CH4/c1-23(2,3)35(4,5)34-19-17(26-11-15-9-7-6-8-10-15)16(12-30-31-25)33-22(19)32-14-29-18-20(24)27-13-28-21(18)32;18-15-13-16(22-8-21-15)26(9-23-13)17-14(27)12(11(28-17)7-24-25-19)20-6-10-4-2-1-3-5-10;;;/h6-10,13-14,16-17,19,22,26H,11-12H2,1-5H3,(H2,24,27,28);1-5,8-9,11-12,14,17,20,27H,6-7H2,(H2,18,21,22);3*1H4/t16-,17-,19?,22-;11-,12-,14-,17-;;;/m11.../s1. The molecule has 4 aromatic heterocycles. The first-order valence-corrected chi connectivity index (χ1v) is 23.3. The third-order valence-electron chi connectivity index (χ3n) is 11.7. The van der Waals surface area contributed by atoms with E-state index in [1.54, 1.807) is 10.9 Å². The summed E-state index contributed by atoms with van der Waals surface area (Å²) < 4.78 is 23.0. The molecule has 0 radical (unpaired) electrons. The zero-order chi connectivity index (χ0) is 44.7. The van der Waals surface area contributed by atoms with E-state index in [4.69, 9.17) is 36.4 Å². The molecule has 22 nitrogen and oxygen atoms in total. The van der Waals surface area contributed by atoms with E-state index in [0.29, 0.717) is 41.2 Å². The molecule has 7 N–H and O–H groups in total. The van der Waals surface area contributed by atoms with E-state index in [2.05, 4.69) is 107 Å². The summed E-state index contributed by atoms with van der Waals surface area (Å²) >= 11 is 0. The normalized spacial score (nSPS) is 22.5. The second-order valence-corrected chi connectivity index (χ2v) is 21.5. The van der Waals surface area contributed by atoms with E-state index in [9.17, 15) is 5.11 Å². The molecule has 0 aliphatic carbocycles. The first-order valence-electron chi connectivity index (χ1n) is 20.4. The predicted molar refractivity (Wildman–Crippen MR) is 258 cm³/mol. The van der Waals surface area contributed by atoms with E-state index in [1.165, 1.54) is 19.0 Å². The van der Waals surface area contributed by atoms with Gasteiger partial charge in [-0.1, -0.05) is 114 Å². The summed E-state index contributed by atoms with van der Waals surface area (Å²) in [6, 6.07) is 19.2. The molecule has 2 aliphatic heterocycles. The molecule has 6 aromatic rings. The maximum absolute atomic E-state index is 11.0. The molecule has 354 valence electrons. The quantitative estimate of drug-likeness (QED) is 0.0312. The number of rotatable bonds is 14. The fraction of sp³-hybridized carbons (Fsp3) is 0.488. The van der Waals surface area contributed by atoms with E-state index in [0.717, 1.165) is 11.1 Å². The first-order chi connectivity index (χ1) is 30.3. The Kier molecular flexibility index (Phi) is 18.1. The smallest absolute Gasteiger partial charge is 0.192 e. The Hall–Kier alpha value is -6.26. The van der Waals surface area contributed by atoms with Crippen molar-refractivity contribution < 1.29 is 19.0 Å². The van der Waals surface area contributed by atoms with Crippen LogP contribution in [0.15, 0.2) is 96.2 Å². The number of aromatic nitrogens is 8. The maximum atomic E-state index is 11.0. The van der Waals surface area contributed by atoms with E-state index in [-0.39, 0.29) is 58.4 Å². The molecule has 2 aromatic carbocycles. The van der Waals surface area contributed by atoms with Crippen LogP contribution < -0.4 is 22.1 Å². The number of aliphatic hydroxyl groups excluding tert-OH is 1. The van der Waals surface area contributed by atoms with Gasteiger partial charge in [-0.15, -0.1) is 0 Å². The highest BCUT2D eigenvalue weighted by Gasteiger charge is 2.51. The zero-order valence-electron chi connectivity index (χ0n) is 35.6. The number of aliphatic hydroxyl groups is 1. The molecule has 6 heterocycles. The lowest BCUT2D eigenvalue weighted by molar-refractivity contribution is -0.0321. The van der Waals surface area contributed by atoms with Crippen molar-refractivity contribution in [1.82, 2.24) is 49.7 Å². The molecular formula is C43H64N18O4Si. The van der Waals surface area contributed by atoms with Gasteiger partial charge in [-0.3, -0.25) is 9.13 Å². The van der Waals surface area contributed by atoms with E-state index >= 15 is 0 Å². The Morgan fingerprint density at radius 3 is 1.62 bits per heavy atom. The van der Waals surface area contributed by atoms with Gasteiger partial charge in [-0.05, 0) is 40.3 Å². The van der Waals surface area contributed by atoms with Crippen LogP contribution in [-0.4, -0.2) is 102 Å². The lowest BCUT2D eigenvalue weighted by atomic mass is 10.1. The fourth-order valence-electron chi connectivity index (χ4n) is 7.40. The summed E-state index contributed by atoms with van der Waals surface area (Å²) in [5.41, 5.74) is 33.7. The van der Waals surface area contributed by atoms with Gasteiger partial charge in [0.25, 0.3) is 0 Å². The van der Waals surface area contributed by atoms with Crippen LogP contribution in [0.4, 0.5) is 11.6 Å². The van der Waals surface area contributed by atoms with Gasteiger partial charge < -0.3 is 41.1 Å². The highest BCUT2D eigenvalue weighted by atomic mass is 28.4. The van der Waals surface area contributed by atoms with E-state index < -0.39 is 45.1 Å². The summed E-state index contributed by atoms with van der Waals surface area (Å²) in [7, 11) is -2.23. The SMILES string of the molecule is C.C.C.CC(C)(C)[Si](C)(C)OC1[C@H](n2cnc3c(N)ncnc32)O[C@H](CN=[N+]=[N-])[C@H]1NCc1ccccc1.[N-]=[N+]=NC[C@H]1O[C@@H](n2cnc3c(N)ncnc32)[C@H](O)[C@@H]1NCc1ccccc1. The number of nitrogens with two attached hydrogens (primary N) is 2. The average Bonchev–Trinajstić information content (AvgIpc) is 4.05. The largest absolute Gasteiger partial charge is 0.408 e. The molecular weight excluding hydrogens is 861 g/mol. The molecule has 66 heavy (non-hydrogen) atoms. The zero-order valence-corrected chi connectivity index (χ0v) is 36.6. The van der Waals surface area contributed by atoms with Crippen molar-refractivity contribution in [2.45, 2.75) is 123 Å². The summed E-state index contributed by atoms with van der Waals surface area (Å²) in [6.45, 7) is 12.4. The molecule has 2 aliphatic rings. The molecule has 2 fully saturated rings. The summed E-state index contributed by atoms with van der Waals surface area (Å²) in [4.78, 5) is 31.0. The van der Waals surface area contributed by atoms with Crippen LogP contribution in [0.2, 0.25) is 18.1 Å². The number of azide groups is 2. The third-order valence-corrected chi connectivity index (χ3v) is 16.2. The minimum absolute atomic E-state index is 0. The Balaban J connectivity index is 0.000000282. The van der Waals surface area contributed by atoms with Gasteiger partial charge in [0.2, 0.25) is 0 Å². The molecule has 0 spiro atoms. The third kappa shape index (κ3) is 11.4. The second kappa shape index (κ2) is 22.8. The number of hydrogen-bond donors (Lipinski definition) is 5. The van der Waals surface area contributed by atoms with Crippen molar-refractivity contribution in [3.05, 3.63) is 118 Å². The van der Waals surface area contributed by atoms with Crippen molar-refractivity contribution >= 4 is 42.3 Å². The van der Waals surface area contributed by atoms with Crippen LogP contribution in [0.3, 0.4) is 0 Å². The van der Waals surface area contributed by atoms with Gasteiger partial charge in [-0.2, -0.15) is 0 Å². The number of anilines is 2. The van der Waals surface area contributed by atoms with Gasteiger partial charge in [0.1, 0.15) is 35.9 Å². The van der Waals surface area contributed by atoms with Crippen molar-refractivity contribution in [2.75, 3.05) is 24.6 Å². The molecule has 0 saturated carbocycles. The molecule has 8 rings (SSSR count). The summed E-state index contributed by atoms with van der Waals surface area (Å²) in [6.07, 6.45) is 2.38. The van der Waals surface area contributed by atoms with Crippen LogP contribution >= 0.6 is 0 Å².